The summed E-state index contributed by atoms with van der Waals surface area (Å²) >= 11 is 0. The average Bonchev–Trinajstić information content (AvgIpc) is 2.92. The van der Waals surface area contributed by atoms with Gasteiger partial charge in [0.25, 0.3) is 5.91 Å². The van der Waals surface area contributed by atoms with E-state index < -0.39 is 17.7 Å². The zero-order chi connectivity index (χ0) is 29.8. The Bertz CT molecular complexity index is 1260. The molecule has 0 unspecified atom stereocenters. The highest BCUT2D eigenvalue weighted by molar-refractivity contribution is 5.95. The summed E-state index contributed by atoms with van der Waals surface area (Å²) < 4.78 is 27.8. The summed E-state index contributed by atoms with van der Waals surface area (Å²) in [5, 5.41) is 14.0. The molecule has 0 saturated heterocycles. The lowest BCUT2D eigenvalue weighted by molar-refractivity contribution is -0.132. The minimum atomic E-state index is -0.910. The maximum atomic E-state index is 13.9. The summed E-state index contributed by atoms with van der Waals surface area (Å²) in [6.07, 6.45) is 0.764. The van der Waals surface area contributed by atoms with Gasteiger partial charge in [-0.25, -0.2) is 8.78 Å². The molecular formula is C33H41F2N3O3. The molecule has 3 aromatic carbocycles. The SMILES string of the molecule is CCCN(CCC)C(=O)c1cc(C)cc(CC(=O)N(Cc2cc(F)cc(F)c2)C[C@H](O)CNCc2ccccc2)c1. The predicted octanol–water partition coefficient (Wildman–Crippen LogP) is 5.26. The van der Waals surface area contributed by atoms with Crippen LogP contribution in [0.4, 0.5) is 8.78 Å². The fraction of sp³-hybridized carbons (Fsp3) is 0.394. The van der Waals surface area contributed by atoms with Gasteiger partial charge in [-0.05, 0) is 60.7 Å². The molecule has 3 aromatic rings. The van der Waals surface area contributed by atoms with Gasteiger partial charge in [-0.1, -0.05) is 55.8 Å². The lowest BCUT2D eigenvalue weighted by atomic mass is 10.0. The molecule has 0 saturated carbocycles. The molecule has 0 bridgehead atoms. The zero-order valence-corrected chi connectivity index (χ0v) is 24.2. The number of nitrogens with zero attached hydrogens (tertiary/aromatic N) is 2. The first-order valence-electron chi connectivity index (χ1n) is 14.2. The number of benzene rings is 3. The number of amides is 2. The number of carbonyl (C=O) groups excluding carboxylic acids is 2. The Balaban J connectivity index is 1.76. The predicted molar refractivity (Wildman–Crippen MR) is 157 cm³/mol. The van der Waals surface area contributed by atoms with E-state index in [2.05, 4.69) is 5.32 Å². The molecule has 0 aliphatic carbocycles. The van der Waals surface area contributed by atoms with Gasteiger partial charge < -0.3 is 20.2 Å². The second-order valence-electron chi connectivity index (χ2n) is 10.5. The Kier molecular flexibility index (Phi) is 12.4. The van der Waals surface area contributed by atoms with Gasteiger partial charge in [0, 0.05) is 50.9 Å². The molecule has 0 heterocycles. The van der Waals surface area contributed by atoms with E-state index >= 15 is 0 Å². The van der Waals surface area contributed by atoms with E-state index in [1.165, 1.54) is 17.0 Å². The van der Waals surface area contributed by atoms with E-state index in [9.17, 15) is 23.5 Å². The Morgan fingerprint density at radius 2 is 1.51 bits per heavy atom. The number of halogens is 2. The smallest absolute Gasteiger partial charge is 0.253 e. The van der Waals surface area contributed by atoms with Crippen LogP contribution in [0.2, 0.25) is 0 Å². The van der Waals surface area contributed by atoms with Crippen LogP contribution in [0.1, 0.15) is 59.3 Å². The Morgan fingerprint density at radius 3 is 2.15 bits per heavy atom. The van der Waals surface area contributed by atoms with Crippen LogP contribution in [0.5, 0.6) is 0 Å². The number of aliphatic hydroxyl groups is 1. The van der Waals surface area contributed by atoms with E-state index in [1.54, 1.807) is 6.07 Å². The first kappa shape index (κ1) is 31.9. The third kappa shape index (κ3) is 10.4. The van der Waals surface area contributed by atoms with Crippen LogP contribution < -0.4 is 5.32 Å². The number of nitrogens with one attached hydrogen (secondary N) is 1. The molecule has 2 amide bonds. The number of aryl methyl sites for hydroxylation is 1. The molecule has 2 N–H and O–H groups in total. The van der Waals surface area contributed by atoms with Crippen molar-refractivity contribution >= 4 is 11.8 Å². The quantitative estimate of drug-likeness (QED) is 0.264. The summed E-state index contributed by atoms with van der Waals surface area (Å²) in [5.41, 5.74) is 3.40. The van der Waals surface area contributed by atoms with Crippen LogP contribution in [-0.2, 0) is 24.3 Å². The zero-order valence-electron chi connectivity index (χ0n) is 24.2. The van der Waals surface area contributed by atoms with Crippen molar-refractivity contribution in [2.75, 3.05) is 26.2 Å². The fourth-order valence-electron chi connectivity index (χ4n) is 4.89. The molecule has 0 spiro atoms. The van der Waals surface area contributed by atoms with Crippen molar-refractivity contribution in [1.29, 1.82) is 0 Å². The van der Waals surface area contributed by atoms with Gasteiger partial charge in [-0.3, -0.25) is 9.59 Å². The Morgan fingerprint density at radius 1 is 0.854 bits per heavy atom. The number of rotatable bonds is 15. The van der Waals surface area contributed by atoms with Gasteiger partial charge in [-0.2, -0.15) is 0 Å². The normalized spacial score (nSPS) is 11.8. The summed E-state index contributed by atoms with van der Waals surface area (Å²) in [7, 11) is 0. The van der Waals surface area contributed by atoms with E-state index in [0.29, 0.717) is 30.8 Å². The largest absolute Gasteiger partial charge is 0.390 e. The van der Waals surface area contributed by atoms with Crippen LogP contribution in [0.3, 0.4) is 0 Å². The third-order valence-electron chi connectivity index (χ3n) is 6.65. The molecule has 1 atom stereocenters. The maximum absolute atomic E-state index is 13.9. The monoisotopic (exact) mass is 565 g/mol. The topological polar surface area (TPSA) is 72.9 Å². The minimum Gasteiger partial charge on any atom is -0.390 e. The summed E-state index contributed by atoms with van der Waals surface area (Å²) in [5.74, 6) is -1.86. The lowest BCUT2D eigenvalue weighted by Crippen LogP contribution is -2.41. The second kappa shape index (κ2) is 16.0. The number of hydrogen-bond acceptors (Lipinski definition) is 4. The molecule has 41 heavy (non-hydrogen) atoms. The van der Waals surface area contributed by atoms with Gasteiger partial charge in [-0.15, -0.1) is 0 Å². The molecule has 8 heteroatoms. The molecule has 220 valence electrons. The fourth-order valence-corrected chi connectivity index (χ4v) is 4.89. The van der Waals surface area contributed by atoms with Crippen molar-refractivity contribution in [3.8, 4) is 0 Å². The van der Waals surface area contributed by atoms with Gasteiger partial charge in [0.2, 0.25) is 5.91 Å². The van der Waals surface area contributed by atoms with E-state index in [-0.39, 0.29) is 43.4 Å². The maximum Gasteiger partial charge on any atom is 0.253 e. The Hall–Kier alpha value is -3.62. The van der Waals surface area contributed by atoms with Crippen molar-refractivity contribution in [2.45, 2.75) is 59.2 Å². The van der Waals surface area contributed by atoms with Crippen molar-refractivity contribution in [3.63, 3.8) is 0 Å². The van der Waals surface area contributed by atoms with Gasteiger partial charge in [0.1, 0.15) is 11.6 Å². The second-order valence-corrected chi connectivity index (χ2v) is 10.5. The number of carbonyl (C=O) groups is 2. The Labute approximate surface area is 242 Å². The summed E-state index contributed by atoms with van der Waals surface area (Å²) in [6, 6.07) is 18.3. The summed E-state index contributed by atoms with van der Waals surface area (Å²) in [6.45, 7) is 7.93. The molecular weight excluding hydrogens is 524 g/mol. The molecule has 6 nitrogen and oxygen atoms in total. The van der Waals surface area contributed by atoms with Crippen LogP contribution in [0.25, 0.3) is 0 Å². The highest BCUT2D eigenvalue weighted by Crippen LogP contribution is 2.17. The van der Waals surface area contributed by atoms with Gasteiger partial charge in [0.05, 0.1) is 12.5 Å². The molecule has 0 fully saturated rings. The highest BCUT2D eigenvalue weighted by atomic mass is 19.1. The van der Waals surface area contributed by atoms with Crippen LogP contribution in [0, 0.1) is 18.6 Å². The first-order valence-corrected chi connectivity index (χ1v) is 14.2. The highest BCUT2D eigenvalue weighted by Gasteiger charge is 2.21. The first-order chi connectivity index (χ1) is 19.7. The van der Waals surface area contributed by atoms with Crippen LogP contribution in [-0.4, -0.2) is 59.0 Å². The summed E-state index contributed by atoms with van der Waals surface area (Å²) in [4.78, 5) is 30.0. The molecule has 0 aliphatic heterocycles. The standard InChI is InChI=1S/C33H41F2N3O3/c1-4-11-37(12-5-2)33(41)28-14-24(3)13-26(15-28)18-32(40)38(22-27-16-29(34)19-30(35)17-27)23-31(39)21-36-20-25-9-7-6-8-10-25/h6-10,13-17,19,31,36,39H,4-5,11-12,18,20-23H2,1-3H3/t31-/m1/s1. The van der Waals surface area contributed by atoms with E-state index in [0.717, 1.165) is 30.0 Å². The minimum absolute atomic E-state index is 0.0223. The molecule has 3 rings (SSSR count). The van der Waals surface area contributed by atoms with Crippen molar-refractivity contribution in [3.05, 3.63) is 106 Å². The number of aliphatic hydroxyl groups excluding tert-OH is 1. The molecule has 0 aliphatic rings. The molecule has 0 radical (unpaired) electrons. The van der Waals surface area contributed by atoms with E-state index in [4.69, 9.17) is 0 Å². The van der Waals surface area contributed by atoms with Gasteiger partial charge >= 0.3 is 0 Å². The average molecular weight is 566 g/mol. The molecule has 0 aromatic heterocycles. The van der Waals surface area contributed by atoms with E-state index in [1.807, 2.05) is 68.1 Å². The lowest BCUT2D eigenvalue weighted by Gasteiger charge is -2.26. The van der Waals surface area contributed by atoms with Crippen LogP contribution >= 0.6 is 0 Å². The van der Waals surface area contributed by atoms with Crippen molar-refractivity contribution in [2.24, 2.45) is 0 Å². The van der Waals surface area contributed by atoms with Crippen molar-refractivity contribution < 1.29 is 23.5 Å². The van der Waals surface area contributed by atoms with Crippen LogP contribution in [0.15, 0.2) is 66.7 Å². The third-order valence-corrected chi connectivity index (χ3v) is 6.65. The number of hydrogen-bond donors (Lipinski definition) is 2. The van der Waals surface area contributed by atoms with Crippen molar-refractivity contribution in [1.82, 2.24) is 15.1 Å². The van der Waals surface area contributed by atoms with Gasteiger partial charge in [0.15, 0.2) is 0 Å².